The quantitative estimate of drug-likeness (QED) is 0.220. The van der Waals surface area contributed by atoms with Crippen LogP contribution >= 0.6 is 0 Å². The summed E-state index contributed by atoms with van der Waals surface area (Å²) in [6, 6.07) is 24.3. The van der Waals surface area contributed by atoms with Crippen molar-refractivity contribution in [2.45, 2.75) is 25.2 Å². The van der Waals surface area contributed by atoms with E-state index >= 15 is 0 Å². The van der Waals surface area contributed by atoms with Gasteiger partial charge in [-0.05, 0) is 88.3 Å². The number of ether oxygens (including phenoxy) is 5. The molecule has 4 aromatic rings. The predicted molar refractivity (Wildman–Crippen MR) is 159 cm³/mol. The Bertz CT molecular complexity index is 1690. The molecule has 0 spiro atoms. The molecule has 0 bridgehead atoms. The number of carbonyl (C=O) groups is 2. The Morgan fingerprint density at radius 3 is 2.40 bits per heavy atom. The summed E-state index contributed by atoms with van der Waals surface area (Å²) in [5, 5.41) is 10.9. The molecule has 0 aromatic heterocycles. The van der Waals surface area contributed by atoms with Gasteiger partial charge in [0.25, 0.3) is 0 Å². The summed E-state index contributed by atoms with van der Waals surface area (Å²) < 4.78 is 27.7. The van der Waals surface area contributed by atoms with Crippen molar-refractivity contribution < 1.29 is 38.4 Å². The number of carboxylic acids is 1. The smallest absolute Gasteiger partial charge is 0.337 e. The minimum Gasteiger partial charge on any atom is -0.497 e. The highest BCUT2D eigenvalue weighted by Gasteiger charge is 2.47. The first-order valence-electron chi connectivity index (χ1n) is 14.2. The van der Waals surface area contributed by atoms with E-state index in [9.17, 15) is 14.7 Å². The van der Waals surface area contributed by atoms with Gasteiger partial charge in [-0.15, -0.1) is 0 Å². The van der Waals surface area contributed by atoms with Crippen LogP contribution in [0.2, 0.25) is 0 Å². The molecule has 4 aromatic carbocycles. The van der Waals surface area contributed by atoms with E-state index in [2.05, 4.69) is 0 Å². The second kappa shape index (κ2) is 11.7. The number of hydrogen-bond donors (Lipinski definition) is 1. The van der Waals surface area contributed by atoms with Crippen molar-refractivity contribution in [2.75, 3.05) is 27.6 Å². The number of hydrogen-bond acceptors (Lipinski definition) is 7. The molecule has 0 saturated heterocycles. The molecule has 220 valence electrons. The first-order valence-corrected chi connectivity index (χ1v) is 14.2. The SMILES string of the molecule is CCCOc1ccc2c(c1)C(c1ccc(OC)cc1-c1cccc(C(=O)OC)c1)C(C(=O)O)C2c1ccc2c(c1)OCO2. The van der Waals surface area contributed by atoms with Crippen molar-refractivity contribution in [2.24, 2.45) is 5.92 Å². The van der Waals surface area contributed by atoms with Gasteiger partial charge < -0.3 is 28.8 Å². The fourth-order valence-corrected chi connectivity index (χ4v) is 6.25. The van der Waals surface area contributed by atoms with E-state index in [0.29, 0.717) is 35.2 Å². The highest BCUT2D eigenvalue weighted by atomic mass is 16.7. The number of aliphatic carboxylic acids is 1. The van der Waals surface area contributed by atoms with Gasteiger partial charge in [-0.25, -0.2) is 4.79 Å². The summed E-state index contributed by atoms with van der Waals surface area (Å²) in [7, 11) is 2.93. The van der Waals surface area contributed by atoms with E-state index in [1.807, 2.05) is 67.6 Å². The highest BCUT2D eigenvalue weighted by molar-refractivity contribution is 5.91. The Kier molecular flexibility index (Phi) is 7.67. The van der Waals surface area contributed by atoms with Gasteiger partial charge in [0.05, 0.1) is 32.3 Å². The normalized spacial score (nSPS) is 18.2. The molecule has 3 atom stereocenters. The van der Waals surface area contributed by atoms with Crippen LogP contribution in [0.5, 0.6) is 23.0 Å². The molecular formula is C35H32O8. The summed E-state index contributed by atoms with van der Waals surface area (Å²) in [6.07, 6.45) is 0.844. The van der Waals surface area contributed by atoms with Crippen LogP contribution in [0.1, 0.15) is 57.8 Å². The number of carboxylic acid groups (broad SMARTS) is 1. The zero-order chi connectivity index (χ0) is 30.1. The van der Waals surface area contributed by atoms with Crippen LogP contribution in [0.15, 0.2) is 78.9 Å². The van der Waals surface area contributed by atoms with E-state index in [4.69, 9.17) is 23.7 Å². The third kappa shape index (κ3) is 5.14. The van der Waals surface area contributed by atoms with Crippen molar-refractivity contribution >= 4 is 11.9 Å². The zero-order valence-corrected chi connectivity index (χ0v) is 24.2. The van der Waals surface area contributed by atoms with Crippen molar-refractivity contribution in [1.29, 1.82) is 0 Å². The summed E-state index contributed by atoms with van der Waals surface area (Å²) in [6.45, 7) is 2.72. The van der Waals surface area contributed by atoms with Gasteiger partial charge in [0.1, 0.15) is 11.5 Å². The van der Waals surface area contributed by atoms with Crippen molar-refractivity contribution in [3.8, 4) is 34.1 Å². The maximum Gasteiger partial charge on any atom is 0.337 e. The Balaban J connectivity index is 1.57. The Labute approximate surface area is 249 Å². The molecule has 0 amide bonds. The Morgan fingerprint density at radius 1 is 0.837 bits per heavy atom. The minimum absolute atomic E-state index is 0.128. The highest BCUT2D eigenvalue weighted by Crippen LogP contribution is 2.56. The molecular weight excluding hydrogens is 548 g/mol. The molecule has 1 aliphatic heterocycles. The molecule has 6 rings (SSSR count). The molecule has 1 N–H and O–H groups in total. The number of methoxy groups -OCH3 is 2. The molecule has 8 heteroatoms. The summed E-state index contributed by atoms with van der Waals surface area (Å²) in [5.41, 5.74) is 5.30. The Hall–Kier alpha value is -4.98. The lowest BCUT2D eigenvalue weighted by Crippen LogP contribution is -2.24. The van der Waals surface area contributed by atoms with Gasteiger partial charge in [0, 0.05) is 11.8 Å². The summed E-state index contributed by atoms with van der Waals surface area (Å²) in [5.74, 6) is -0.724. The van der Waals surface area contributed by atoms with Gasteiger partial charge in [0.15, 0.2) is 11.5 Å². The zero-order valence-electron chi connectivity index (χ0n) is 24.2. The van der Waals surface area contributed by atoms with Crippen LogP contribution in [-0.2, 0) is 9.53 Å². The standard InChI is InChI=1S/C35H32O8/c1-4-14-41-24-10-12-26-28(18-24)32(33(34(36)37)31(26)21-8-13-29-30(16-21)43-19-42-29)25-11-9-23(39-2)17-27(25)20-6-5-7-22(15-20)35(38)40-3/h5-13,15-18,31-33H,4,14,19H2,1-3H3,(H,36,37). The molecule has 1 heterocycles. The molecule has 3 unspecified atom stereocenters. The van der Waals surface area contributed by atoms with Gasteiger partial charge in [-0.1, -0.05) is 37.3 Å². The van der Waals surface area contributed by atoms with E-state index in [-0.39, 0.29) is 6.79 Å². The van der Waals surface area contributed by atoms with Gasteiger partial charge in [-0.3, -0.25) is 4.79 Å². The molecule has 0 fully saturated rings. The first-order chi connectivity index (χ1) is 20.9. The lowest BCUT2D eigenvalue weighted by atomic mass is 9.77. The molecule has 2 aliphatic rings. The molecule has 0 saturated carbocycles. The maximum atomic E-state index is 13.3. The molecule has 1 aliphatic carbocycles. The number of fused-ring (bicyclic) bond motifs is 2. The number of carbonyl (C=O) groups excluding carboxylic acids is 1. The fourth-order valence-electron chi connectivity index (χ4n) is 6.25. The van der Waals surface area contributed by atoms with Gasteiger partial charge in [0.2, 0.25) is 6.79 Å². The van der Waals surface area contributed by atoms with Gasteiger partial charge in [-0.2, -0.15) is 0 Å². The summed E-state index contributed by atoms with van der Waals surface area (Å²) >= 11 is 0. The second-order valence-corrected chi connectivity index (χ2v) is 10.6. The van der Waals surface area contributed by atoms with E-state index in [1.165, 1.54) is 7.11 Å². The van der Waals surface area contributed by atoms with Crippen LogP contribution in [0.3, 0.4) is 0 Å². The van der Waals surface area contributed by atoms with Crippen LogP contribution < -0.4 is 18.9 Å². The lowest BCUT2D eigenvalue weighted by molar-refractivity contribution is -0.142. The third-order valence-corrected chi connectivity index (χ3v) is 8.15. The van der Waals surface area contributed by atoms with Crippen molar-refractivity contribution in [3.05, 3.63) is 107 Å². The molecule has 0 radical (unpaired) electrons. The van der Waals surface area contributed by atoms with Crippen LogP contribution in [0.4, 0.5) is 0 Å². The number of benzene rings is 4. The number of esters is 1. The average molecular weight is 581 g/mol. The Morgan fingerprint density at radius 2 is 1.63 bits per heavy atom. The van der Waals surface area contributed by atoms with Gasteiger partial charge >= 0.3 is 11.9 Å². The van der Waals surface area contributed by atoms with E-state index in [1.54, 1.807) is 25.3 Å². The van der Waals surface area contributed by atoms with Crippen molar-refractivity contribution in [3.63, 3.8) is 0 Å². The minimum atomic E-state index is -0.926. The largest absolute Gasteiger partial charge is 0.497 e. The monoisotopic (exact) mass is 580 g/mol. The van der Waals surface area contributed by atoms with E-state index < -0.39 is 29.7 Å². The molecule has 8 nitrogen and oxygen atoms in total. The summed E-state index contributed by atoms with van der Waals surface area (Å²) in [4.78, 5) is 25.7. The van der Waals surface area contributed by atoms with Crippen LogP contribution in [-0.4, -0.2) is 44.7 Å². The maximum absolute atomic E-state index is 13.3. The van der Waals surface area contributed by atoms with Crippen LogP contribution in [0.25, 0.3) is 11.1 Å². The van der Waals surface area contributed by atoms with E-state index in [0.717, 1.165) is 39.8 Å². The van der Waals surface area contributed by atoms with Crippen LogP contribution in [0, 0.1) is 5.92 Å². The predicted octanol–water partition coefficient (Wildman–Crippen LogP) is 6.64. The average Bonchev–Trinajstić information content (AvgIpc) is 3.65. The lowest BCUT2D eigenvalue weighted by Gasteiger charge is -2.25. The topological polar surface area (TPSA) is 101 Å². The number of rotatable bonds is 9. The van der Waals surface area contributed by atoms with Crippen molar-refractivity contribution in [1.82, 2.24) is 0 Å². The fraction of sp³-hybridized carbons (Fsp3) is 0.257. The second-order valence-electron chi connectivity index (χ2n) is 10.6. The molecule has 43 heavy (non-hydrogen) atoms. The third-order valence-electron chi connectivity index (χ3n) is 8.15. The first kappa shape index (κ1) is 28.2.